The number of carboxylic acids is 1. The highest BCUT2D eigenvalue weighted by Gasteiger charge is 2.31. The van der Waals surface area contributed by atoms with Crippen LogP contribution in [0, 0.1) is 17.6 Å². The van der Waals surface area contributed by atoms with E-state index < -0.39 is 34.9 Å². The van der Waals surface area contributed by atoms with Gasteiger partial charge in [0, 0.05) is 6.42 Å². The molecule has 4 aromatic rings. The second-order valence-electron chi connectivity index (χ2n) is 9.57. The molecule has 9 heteroatoms. The van der Waals surface area contributed by atoms with Crippen LogP contribution in [-0.4, -0.2) is 21.0 Å². The fourth-order valence-corrected chi connectivity index (χ4v) is 5.16. The summed E-state index contributed by atoms with van der Waals surface area (Å²) in [6.45, 7) is 0. The minimum Gasteiger partial charge on any atom is -0.481 e. The number of H-pyrrole nitrogens is 1. The van der Waals surface area contributed by atoms with E-state index in [0.29, 0.717) is 17.0 Å². The molecule has 1 aliphatic carbocycles. The van der Waals surface area contributed by atoms with Gasteiger partial charge in [0.1, 0.15) is 17.5 Å². The molecule has 1 fully saturated rings. The van der Waals surface area contributed by atoms with Gasteiger partial charge in [0.2, 0.25) is 0 Å². The van der Waals surface area contributed by atoms with Crippen LogP contribution in [0.2, 0.25) is 0 Å². The summed E-state index contributed by atoms with van der Waals surface area (Å²) in [5, 5.41) is 8.98. The lowest BCUT2D eigenvalue weighted by Gasteiger charge is -2.28. The summed E-state index contributed by atoms with van der Waals surface area (Å²) < 4.78 is 69.1. The van der Waals surface area contributed by atoms with E-state index in [1.807, 2.05) is 12.1 Å². The number of hydrogen-bond acceptors (Lipinski definition) is 2. The maximum atomic E-state index is 15.1. The Labute approximate surface area is 209 Å². The molecule has 4 nitrogen and oxygen atoms in total. The van der Waals surface area contributed by atoms with Crippen molar-refractivity contribution >= 4 is 17.0 Å². The highest BCUT2D eigenvalue weighted by molar-refractivity contribution is 5.81. The van der Waals surface area contributed by atoms with Gasteiger partial charge in [-0.15, -0.1) is 0 Å². The third-order valence-corrected chi connectivity index (χ3v) is 7.11. The number of carbonyl (C=O) groups is 1. The van der Waals surface area contributed by atoms with E-state index in [4.69, 9.17) is 5.11 Å². The van der Waals surface area contributed by atoms with Gasteiger partial charge in [-0.3, -0.25) is 4.79 Å². The minimum absolute atomic E-state index is 0.0280. The first-order valence-electron chi connectivity index (χ1n) is 12.0. The summed E-state index contributed by atoms with van der Waals surface area (Å²) in [5.41, 5.74) is 0.916. The Morgan fingerprint density at radius 1 is 0.919 bits per heavy atom. The summed E-state index contributed by atoms with van der Waals surface area (Å²) in [6.07, 6.45) is -0.839. The highest BCUT2D eigenvalue weighted by Crippen LogP contribution is 2.38. The lowest BCUT2D eigenvalue weighted by molar-refractivity contribution is -0.138. The summed E-state index contributed by atoms with van der Waals surface area (Å²) in [7, 11) is 0. The van der Waals surface area contributed by atoms with Gasteiger partial charge in [0.25, 0.3) is 0 Å². The van der Waals surface area contributed by atoms with Gasteiger partial charge < -0.3 is 10.1 Å². The zero-order chi connectivity index (χ0) is 26.3. The number of carboxylic acid groups (broad SMARTS) is 1. The van der Waals surface area contributed by atoms with Crippen molar-refractivity contribution in [3.8, 4) is 22.5 Å². The molecule has 0 saturated heterocycles. The molecule has 1 saturated carbocycles. The van der Waals surface area contributed by atoms with Gasteiger partial charge >= 0.3 is 12.1 Å². The van der Waals surface area contributed by atoms with Crippen molar-refractivity contribution in [2.24, 2.45) is 5.92 Å². The number of hydrogen-bond donors (Lipinski definition) is 2. The number of fused-ring (bicyclic) bond motifs is 1. The standard InChI is InChI=1S/C28H23F5N2O2/c29-21-12-19(18-7-5-17(6-8-18)16-3-1-15(2-4-16)11-25(36)37)13-22(30)26(21)27-34-23-10-9-20(28(31,32)33)14-24(23)35-27/h5-10,12-16H,1-4,11H2,(H,34,35)(H,36,37). The molecule has 0 spiro atoms. The number of nitrogens with zero attached hydrogens (tertiary/aromatic N) is 1. The number of halogens is 5. The summed E-state index contributed by atoms with van der Waals surface area (Å²) in [5.74, 6) is -2.20. The number of aromatic nitrogens is 2. The smallest absolute Gasteiger partial charge is 0.416 e. The molecule has 5 rings (SSSR count). The lowest BCUT2D eigenvalue weighted by atomic mass is 9.77. The number of imidazole rings is 1. The van der Waals surface area contributed by atoms with Gasteiger partial charge in [0.05, 0.1) is 22.2 Å². The van der Waals surface area contributed by atoms with Crippen molar-refractivity contribution in [2.45, 2.75) is 44.2 Å². The van der Waals surface area contributed by atoms with Crippen molar-refractivity contribution in [3.63, 3.8) is 0 Å². The van der Waals surface area contributed by atoms with Gasteiger partial charge in [-0.25, -0.2) is 13.8 Å². The van der Waals surface area contributed by atoms with E-state index in [-0.39, 0.29) is 29.2 Å². The van der Waals surface area contributed by atoms with Crippen molar-refractivity contribution in [1.29, 1.82) is 0 Å². The number of alkyl halides is 3. The van der Waals surface area contributed by atoms with E-state index in [1.165, 1.54) is 12.1 Å². The van der Waals surface area contributed by atoms with Gasteiger partial charge in [-0.2, -0.15) is 13.2 Å². The van der Waals surface area contributed by atoms with Crippen molar-refractivity contribution < 1.29 is 31.9 Å². The van der Waals surface area contributed by atoms with Crippen molar-refractivity contribution in [1.82, 2.24) is 9.97 Å². The topological polar surface area (TPSA) is 66.0 Å². The van der Waals surface area contributed by atoms with Crippen LogP contribution in [0.25, 0.3) is 33.5 Å². The zero-order valence-corrected chi connectivity index (χ0v) is 19.6. The molecule has 1 heterocycles. The molecule has 0 aliphatic heterocycles. The monoisotopic (exact) mass is 514 g/mol. The highest BCUT2D eigenvalue weighted by atomic mass is 19.4. The van der Waals surface area contributed by atoms with Crippen LogP contribution in [0.1, 0.15) is 49.1 Å². The van der Waals surface area contributed by atoms with Crippen molar-refractivity contribution in [3.05, 3.63) is 77.4 Å². The molecule has 2 N–H and O–H groups in total. The first kappa shape index (κ1) is 24.9. The van der Waals surface area contributed by atoms with Gasteiger partial charge in [-0.1, -0.05) is 24.3 Å². The second-order valence-corrected chi connectivity index (χ2v) is 9.57. The average molecular weight is 514 g/mol. The predicted octanol–water partition coefficient (Wildman–Crippen LogP) is 7.94. The first-order valence-corrected chi connectivity index (χ1v) is 12.0. The fourth-order valence-electron chi connectivity index (χ4n) is 5.16. The maximum Gasteiger partial charge on any atom is 0.416 e. The summed E-state index contributed by atoms with van der Waals surface area (Å²) in [4.78, 5) is 17.6. The Morgan fingerprint density at radius 3 is 2.16 bits per heavy atom. The quantitative estimate of drug-likeness (QED) is 0.266. The molecule has 192 valence electrons. The average Bonchev–Trinajstić information content (AvgIpc) is 3.26. The molecule has 3 aromatic carbocycles. The number of nitrogens with one attached hydrogen (secondary N) is 1. The lowest BCUT2D eigenvalue weighted by Crippen LogP contribution is -2.16. The maximum absolute atomic E-state index is 15.1. The van der Waals surface area contributed by atoms with E-state index in [1.54, 1.807) is 12.1 Å². The third kappa shape index (κ3) is 5.21. The Kier molecular flexibility index (Phi) is 6.47. The first-order chi connectivity index (χ1) is 17.6. The Bertz CT molecular complexity index is 1430. The van der Waals surface area contributed by atoms with Crippen molar-refractivity contribution in [2.75, 3.05) is 0 Å². The molecule has 1 aliphatic rings. The number of benzene rings is 3. The predicted molar refractivity (Wildman–Crippen MR) is 129 cm³/mol. The minimum atomic E-state index is -4.55. The van der Waals surface area contributed by atoms with E-state index in [0.717, 1.165) is 49.4 Å². The van der Waals surface area contributed by atoms with Gasteiger partial charge in [-0.05, 0) is 84.5 Å². The molecular formula is C28H23F5N2O2. The molecule has 0 radical (unpaired) electrons. The summed E-state index contributed by atoms with van der Waals surface area (Å²) in [6, 6.07) is 12.7. The Hall–Kier alpha value is -3.75. The van der Waals surface area contributed by atoms with Crippen LogP contribution >= 0.6 is 0 Å². The largest absolute Gasteiger partial charge is 0.481 e. The number of rotatable bonds is 5. The van der Waals surface area contributed by atoms with Crippen LogP contribution in [-0.2, 0) is 11.0 Å². The van der Waals surface area contributed by atoms with Crippen LogP contribution in [0.3, 0.4) is 0 Å². The molecule has 37 heavy (non-hydrogen) atoms. The molecule has 0 atom stereocenters. The summed E-state index contributed by atoms with van der Waals surface area (Å²) >= 11 is 0. The van der Waals surface area contributed by atoms with Crippen LogP contribution in [0.5, 0.6) is 0 Å². The normalized spacial score (nSPS) is 18.3. The van der Waals surface area contributed by atoms with E-state index in [2.05, 4.69) is 9.97 Å². The number of aliphatic carboxylic acids is 1. The zero-order valence-electron chi connectivity index (χ0n) is 19.6. The molecule has 0 bridgehead atoms. The van der Waals surface area contributed by atoms with E-state index >= 15 is 8.78 Å². The number of aromatic amines is 1. The van der Waals surface area contributed by atoms with Crippen LogP contribution in [0.15, 0.2) is 54.6 Å². The molecule has 1 aromatic heterocycles. The van der Waals surface area contributed by atoms with E-state index in [9.17, 15) is 18.0 Å². The molecule has 0 amide bonds. The van der Waals surface area contributed by atoms with Crippen LogP contribution < -0.4 is 0 Å². The molecular weight excluding hydrogens is 491 g/mol. The Morgan fingerprint density at radius 2 is 1.57 bits per heavy atom. The molecule has 0 unspecified atom stereocenters. The Balaban J connectivity index is 1.36. The fraction of sp³-hybridized carbons (Fsp3) is 0.286. The van der Waals surface area contributed by atoms with Crippen LogP contribution in [0.4, 0.5) is 22.0 Å². The van der Waals surface area contributed by atoms with Gasteiger partial charge in [0.15, 0.2) is 0 Å². The SMILES string of the molecule is O=C(O)CC1CCC(c2ccc(-c3cc(F)c(-c4nc5ccc(C(F)(F)F)cc5[nH]4)c(F)c3)cc2)CC1. The third-order valence-electron chi connectivity index (χ3n) is 7.11. The second kappa shape index (κ2) is 9.61.